The third kappa shape index (κ3) is 2.73. The number of rotatable bonds is 3. The number of nitrogens with one attached hydrogen (secondary N) is 2. The summed E-state index contributed by atoms with van der Waals surface area (Å²) in [6.07, 6.45) is 3.16. The Balaban J connectivity index is 1.71. The van der Waals surface area contributed by atoms with E-state index in [1.807, 2.05) is 24.3 Å². The first-order chi connectivity index (χ1) is 10.5. The number of piperidine rings is 1. The van der Waals surface area contributed by atoms with E-state index >= 15 is 0 Å². The van der Waals surface area contributed by atoms with Crippen molar-refractivity contribution in [1.82, 2.24) is 5.32 Å². The minimum absolute atomic E-state index is 0.0528. The molecule has 22 heavy (non-hydrogen) atoms. The Hall–Kier alpha value is -1.88. The summed E-state index contributed by atoms with van der Waals surface area (Å²) < 4.78 is 0. The second-order valence-corrected chi connectivity index (χ2v) is 6.45. The molecule has 2 N–H and O–H groups in total. The molecular weight excluding hydrogens is 278 g/mol. The lowest BCUT2D eigenvalue weighted by Gasteiger charge is -2.23. The topological polar surface area (TPSA) is 61.4 Å². The van der Waals surface area contributed by atoms with Crippen LogP contribution in [-0.4, -0.2) is 32.0 Å². The molecule has 2 fully saturated rings. The van der Waals surface area contributed by atoms with E-state index < -0.39 is 0 Å². The fourth-order valence-electron chi connectivity index (χ4n) is 3.46. The van der Waals surface area contributed by atoms with E-state index in [4.69, 9.17) is 0 Å². The molecule has 0 radical (unpaired) electrons. The highest BCUT2D eigenvalue weighted by Gasteiger charge is 2.57. The first-order valence-electron chi connectivity index (χ1n) is 7.88. The van der Waals surface area contributed by atoms with Gasteiger partial charge < -0.3 is 15.5 Å². The van der Waals surface area contributed by atoms with Gasteiger partial charge in [0.25, 0.3) is 0 Å². The van der Waals surface area contributed by atoms with E-state index in [0.717, 1.165) is 38.0 Å². The highest BCUT2D eigenvalue weighted by atomic mass is 16.2. The minimum atomic E-state index is -0.0528. The summed E-state index contributed by atoms with van der Waals surface area (Å²) in [4.78, 5) is 25.7. The monoisotopic (exact) mass is 301 g/mol. The molecule has 0 aromatic heterocycles. The van der Waals surface area contributed by atoms with E-state index in [2.05, 4.69) is 10.6 Å². The van der Waals surface area contributed by atoms with Crippen molar-refractivity contribution >= 4 is 23.2 Å². The molecule has 1 aliphatic heterocycles. The first kappa shape index (κ1) is 15.0. The molecule has 1 unspecified atom stereocenters. The summed E-state index contributed by atoms with van der Waals surface area (Å²) in [5.41, 5.74) is 1.67. The number of amides is 2. The summed E-state index contributed by atoms with van der Waals surface area (Å²) in [6.45, 7) is 3.53. The molecule has 5 nitrogen and oxygen atoms in total. The van der Waals surface area contributed by atoms with Crippen molar-refractivity contribution in [2.45, 2.75) is 26.2 Å². The second-order valence-electron chi connectivity index (χ2n) is 6.45. The van der Waals surface area contributed by atoms with Crippen molar-refractivity contribution in [3.63, 3.8) is 0 Å². The van der Waals surface area contributed by atoms with Gasteiger partial charge in [0.1, 0.15) is 0 Å². The van der Waals surface area contributed by atoms with Gasteiger partial charge in [-0.05, 0) is 49.9 Å². The molecule has 0 bridgehead atoms. The van der Waals surface area contributed by atoms with Gasteiger partial charge in [-0.2, -0.15) is 0 Å². The number of nitrogens with zero attached hydrogens (tertiary/aromatic N) is 1. The zero-order valence-electron chi connectivity index (χ0n) is 13.2. The van der Waals surface area contributed by atoms with Gasteiger partial charge in [-0.3, -0.25) is 9.59 Å². The molecule has 3 rings (SSSR count). The van der Waals surface area contributed by atoms with Gasteiger partial charge in [0.2, 0.25) is 11.8 Å². The van der Waals surface area contributed by atoms with Crippen LogP contribution in [0.15, 0.2) is 24.3 Å². The third-order valence-corrected chi connectivity index (χ3v) is 5.10. The lowest BCUT2D eigenvalue weighted by molar-refractivity contribution is -0.118. The normalized spacial score (nSPS) is 22.2. The average Bonchev–Trinajstić information content (AvgIpc) is 3.21. The molecule has 1 aliphatic carbocycles. The minimum Gasteiger partial charge on any atom is -0.324 e. The Bertz CT molecular complexity index is 593. The number of anilines is 2. The summed E-state index contributed by atoms with van der Waals surface area (Å²) in [7, 11) is 1.72. The first-order valence-corrected chi connectivity index (χ1v) is 7.88. The quantitative estimate of drug-likeness (QED) is 0.897. The molecule has 118 valence electrons. The van der Waals surface area contributed by atoms with Crippen LogP contribution in [-0.2, 0) is 9.59 Å². The number of hydrogen-bond donors (Lipinski definition) is 2. The van der Waals surface area contributed by atoms with Crippen LogP contribution in [0.25, 0.3) is 0 Å². The van der Waals surface area contributed by atoms with Crippen LogP contribution in [0.1, 0.15) is 26.2 Å². The zero-order chi connectivity index (χ0) is 15.7. The van der Waals surface area contributed by atoms with Crippen LogP contribution >= 0.6 is 0 Å². The molecule has 2 aliphatic rings. The van der Waals surface area contributed by atoms with Crippen LogP contribution < -0.4 is 15.5 Å². The molecule has 1 spiro atoms. The zero-order valence-corrected chi connectivity index (χ0v) is 13.2. The largest absolute Gasteiger partial charge is 0.324 e. The molecule has 1 aromatic rings. The summed E-state index contributed by atoms with van der Waals surface area (Å²) in [5.74, 6) is 0.152. The average molecular weight is 301 g/mol. The summed E-state index contributed by atoms with van der Waals surface area (Å²) in [6, 6.07) is 7.45. The maximum Gasteiger partial charge on any atom is 0.228 e. The van der Waals surface area contributed by atoms with Gasteiger partial charge in [-0.1, -0.05) is 12.1 Å². The van der Waals surface area contributed by atoms with E-state index in [1.165, 1.54) is 6.92 Å². The van der Waals surface area contributed by atoms with Crippen molar-refractivity contribution < 1.29 is 9.59 Å². The van der Waals surface area contributed by atoms with Gasteiger partial charge in [-0.25, -0.2) is 0 Å². The van der Waals surface area contributed by atoms with Crippen LogP contribution in [0, 0.1) is 11.3 Å². The fourth-order valence-corrected chi connectivity index (χ4v) is 3.46. The predicted molar refractivity (Wildman–Crippen MR) is 86.8 cm³/mol. The maximum atomic E-state index is 12.6. The van der Waals surface area contributed by atoms with Crippen molar-refractivity contribution in [3.8, 4) is 0 Å². The molecule has 2 amide bonds. The van der Waals surface area contributed by atoms with Crippen LogP contribution in [0.5, 0.6) is 0 Å². The van der Waals surface area contributed by atoms with Gasteiger partial charge in [0.15, 0.2) is 0 Å². The summed E-state index contributed by atoms with van der Waals surface area (Å²) >= 11 is 0. The molecule has 1 atom stereocenters. The van der Waals surface area contributed by atoms with Gasteiger partial charge in [0.05, 0.1) is 11.4 Å². The molecule has 1 saturated heterocycles. The molecule has 1 saturated carbocycles. The van der Waals surface area contributed by atoms with Gasteiger partial charge >= 0.3 is 0 Å². The molecular formula is C17H23N3O2. The predicted octanol–water partition coefficient (Wildman–Crippen LogP) is 2.00. The van der Waals surface area contributed by atoms with Gasteiger partial charge in [0, 0.05) is 19.9 Å². The van der Waals surface area contributed by atoms with Crippen LogP contribution in [0.2, 0.25) is 0 Å². The third-order valence-electron chi connectivity index (χ3n) is 5.10. The van der Waals surface area contributed by atoms with Crippen molar-refractivity contribution in [3.05, 3.63) is 24.3 Å². The van der Waals surface area contributed by atoms with E-state index in [0.29, 0.717) is 5.69 Å². The lowest BCUT2D eigenvalue weighted by Crippen LogP contribution is -2.32. The van der Waals surface area contributed by atoms with Gasteiger partial charge in [-0.15, -0.1) is 0 Å². The molecule has 1 heterocycles. The fraction of sp³-hybridized carbons (Fsp3) is 0.529. The standard InChI is InChI=1S/C17H23N3O2/c1-12(21)20(2)15-6-4-3-5-14(15)19-16(22)13-11-17(13)7-9-18-10-8-17/h3-6,13,18H,7-11H2,1-2H3,(H,19,22). The lowest BCUT2D eigenvalue weighted by atomic mass is 9.92. The van der Waals surface area contributed by atoms with Crippen molar-refractivity contribution in [2.75, 3.05) is 30.4 Å². The van der Waals surface area contributed by atoms with E-state index in [1.54, 1.807) is 11.9 Å². The van der Waals surface area contributed by atoms with Crippen LogP contribution in [0.4, 0.5) is 11.4 Å². The molecule has 5 heteroatoms. The van der Waals surface area contributed by atoms with E-state index in [9.17, 15) is 9.59 Å². The Morgan fingerprint density at radius 1 is 1.27 bits per heavy atom. The second kappa shape index (κ2) is 5.72. The number of carbonyl (C=O) groups is 2. The molecule has 1 aromatic carbocycles. The van der Waals surface area contributed by atoms with Crippen molar-refractivity contribution in [2.24, 2.45) is 11.3 Å². The SMILES string of the molecule is CC(=O)N(C)c1ccccc1NC(=O)C1CC12CCNCC2. The number of para-hydroxylation sites is 2. The smallest absolute Gasteiger partial charge is 0.228 e. The Morgan fingerprint density at radius 2 is 1.95 bits per heavy atom. The number of hydrogen-bond acceptors (Lipinski definition) is 3. The highest BCUT2D eigenvalue weighted by Crippen LogP contribution is 2.58. The Morgan fingerprint density at radius 3 is 2.64 bits per heavy atom. The Labute approximate surface area is 131 Å². The number of carbonyl (C=O) groups excluding carboxylic acids is 2. The Kier molecular flexibility index (Phi) is 3.91. The number of benzene rings is 1. The van der Waals surface area contributed by atoms with Crippen LogP contribution in [0.3, 0.4) is 0 Å². The maximum absolute atomic E-state index is 12.6. The van der Waals surface area contributed by atoms with Crippen molar-refractivity contribution in [1.29, 1.82) is 0 Å². The van der Waals surface area contributed by atoms with E-state index in [-0.39, 0.29) is 23.1 Å². The summed E-state index contributed by atoms with van der Waals surface area (Å²) in [5, 5.41) is 6.38. The highest BCUT2D eigenvalue weighted by molar-refractivity contribution is 6.01.